The number of allylic oxidation sites excluding steroid dienone is 1. The van der Waals surface area contributed by atoms with Crippen molar-refractivity contribution < 1.29 is 48.0 Å². The third kappa shape index (κ3) is 11.7. The van der Waals surface area contributed by atoms with Gasteiger partial charge in [0, 0.05) is 6.54 Å². The first-order valence-corrected chi connectivity index (χ1v) is 14.8. The maximum absolute atomic E-state index is 9.75. The maximum Gasteiger partial charge on any atom is 0.478 e. The van der Waals surface area contributed by atoms with Gasteiger partial charge in [-0.3, -0.25) is 0 Å². The van der Waals surface area contributed by atoms with Gasteiger partial charge in [-0.25, -0.2) is 9.13 Å². The van der Waals surface area contributed by atoms with E-state index in [1.54, 1.807) is 24.3 Å². The molecule has 0 radical (unpaired) electrons. The molecule has 3 aromatic rings. The van der Waals surface area contributed by atoms with Gasteiger partial charge in [-0.15, -0.1) is 0 Å². The Bertz CT molecular complexity index is 1290. The summed E-state index contributed by atoms with van der Waals surface area (Å²) in [5.41, 5.74) is 5.43. The third-order valence-electron chi connectivity index (χ3n) is 5.19. The molecule has 0 aromatic heterocycles. The highest BCUT2D eigenvalue weighted by molar-refractivity contribution is 7.60. The minimum atomic E-state index is -5.05. The molecule has 6 N–H and O–H groups in total. The van der Waals surface area contributed by atoms with E-state index in [1.807, 2.05) is 50.5 Å². The molecular formula is C26H33NO10P2. The van der Waals surface area contributed by atoms with E-state index in [0.29, 0.717) is 6.61 Å². The summed E-state index contributed by atoms with van der Waals surface area (Å²) in [4.78, 5) is 33.1. The molecular weight excluding hydrogens is 548 g/mol. The van der Waals surface area contributed by atoms with Gasteiger partial charge >= 0.3 is 15.6 Å². The van der Waals surface area contributed by atoms with Crippen LogP contribution in [0.5, 0.6) is 17.2 Å². The lowest BCUT2D eigenvalue weighted by atomic mass is 9.88. The molecule has 13 heteroatoms. The van der Waals surface area contributed by atoms with E-state index in [4.69, 9.17) is 24.3 Å². The lowest BCUT2D eigenvalue weighted by Crippen LogP contribution is -2.19. The fraction of sp³-hybridized carbons (Fsp3) is 0.231. The maximum atomic E-state index is 9.75. The van der Waals surface area contributed by atoms with E-state index in [1.165, 1.54) is 5.57 Å². The van der Waals surface area contributed by atoms with Crippen molar-refractivity contribution >= 4 is 26.8 Å². The van der Waals surface area contributed by atoms with Crippen molar-refractivity contribution in [1.29, 1.82) is 0 Å². The van der Waals surface area contributed by atoms with E-state index in [9.17, 15) is 19.3 Å². The first-order chi connectivity index (χ1) is 18.2. The molecule has 0 atom stereocenters. The normalized spacial score (nSPS) is 12.4. The Balaban J connectivity index is 0.000000510. The van der Waals surface area contributed by atoms with Crippen LogP contribution in [0.4, 0.5) is 0 Å². The number of likely N-dealkylation sites (N-methyl/N-ethyl adjacent to an activating group) is 1. The highest BCUT2D eigenvalue weighted by Gasteiger charge is 2.28. The SMILES string of the molecule is CC/C(=C(\c1ccc(O)cc1)c1ccc(OCCN(C)C)cc1)c1ccc(O)cc1.O=P(O)(O)OP(=O)(O)O. The van der Waals surface area contributed by atoms with Crippen LogP contribution >= 0.6 is 15.6 Å². The number of phenols is 2. The molecule has 0 aliphatic rings. The molecule has 11 nitrogen and oxygen atoms in total. The quantitative estimate of drug-likeness (QED) is 0.146. The van der Waals surface area contributed by atoms with Crippen LogP contribution in [0.3, 0.4) is 0 Å². The van der Waals surface area contributed by atoms with Gasteiger partial charge in [0.15, 0.2) is 0 Å². The zero-order chi connectivity index (χ0) is 29.2. The molecule has 0 fully saturated rings. The van der Waals surface area contributed by atoms with E-state index in [0.717, 1.165) is 41.0 Å². The number of benzene rings is 3. The summed E-state index contributed by atoms with van der Waals surface area (Å²) in [6, 6.07) is 22.7. The van der Waals surface area contributed by atoms with Crippen molar-refractivity contribution in [3.8, 4) is 17.2 Å². The first kappa shape index (κ1) is 32.2. The number of rotatable bonds is 10. The molecule has 0 bridgehead atoms. The molecule has 0 amide bonds. The third-order valence-corrected chi connectivity index (χ3v) is 6.89. The van der Waals surface area contributed by atoms with Crippen LogP contribution in [0.2, 0.25) is 0 Å². The Morgan fingerprint density at radius 3 is 1.49 bits per heavy atom. The molecule has 3 rings (SSSR count). The molecule has 3 aromatic carbocycles. The van der Waals surface area contributed by atoms with Crippen LogP contribution < -0.4 is 4.74 Å². The largest absolute Gasteiger partial charge is 0.508 e. The van der Waals surface area contributed by atoms with Gasteiger partial charge in [0.25, 0.3) is 0 Å². The summed E-state index contributed by atoms with van der Waals surface area (Å²) in [5.74, 6) is 1.33. The Morgan fingerprint density at radius 2 is 1.13 bits per heavy atom. The fourth-order valence-electron chi connectivity index (χ4n) is 3.53. The van der Waals surface area contributed by atoms with Gasteiger partial charge in [-0.05, 0) is 84.8 Å². The molecule has 0 aliphatic heterocycles. The summed E-state index contributed by atoms with van der Waals surface area (Å²) in [6.07, 6.45) is 0.821. The standard InChI is InChI=1S/C26H29NO3.H4O7P2/c1-4-25(19-5-11-22(28)12-6-19)26(20-7-13-23(29)14-8-20)21-9-15-24(16-10-21)30-18-17-27(2)3;1-8(2,3)7-9(4,5)6/h5-16,28-29H,4,17-18H2,1-3H3;(H2,1,2,3)(H2,4,5,6)/b26-25-;. The number of phenolic OH excluding ortho intramolecular Hbond substituents is 2. The lowest BCUT2D eigenvalue weighted by Gasteiger charge is -2.17. The Labute approximate surface area is 227 Å². The molecule has 0 saturated heterocycles. The highest BCUT2D eigenvalue weighted by atomic mass is 31.3. The molecule has 0 unspecified atom stereocenters. The Kier molecular flexibility index (Phi) is 11.9. The molecule has 39 heavy (non-hydrogen) atoms. The number of hydrogen-bond acceptors (Lipinski definition) is 7. The van der Waals surface area contributed by atoms with Crippen LogP contribution in [0.25, 0.3) is 11.1 Å². The average Bonchev–Trinajstić information content (AvgIpc) is 2.82. The summed E-state index contributed by atoms with van der Waals surface area (Å²) in [7, 11) is -6.05. The van der Waals surface area contributed by atoms with Crippen LogP contribution in [0, 0.1) is 0 Å². The topological polar surface area (TPSA) is 177 Å². The molecule has 0 spiro atoms. The van der Waals surface area contributed by atoms with Crippen molar-refractivity contribution in [2.75, 3.05) is 27.2 Å². The lowest BCUT2D eigenvalue weighted by molar-refractivity contribution is 0.225. The van der Waals surface area contributed by atoms with Gasteiger partial charge < -0.3 is 39.4 Å². The number of nitrogens with zero attached hydrogens (tertiary/aromatic N) is 1. The van der Waals surface area contributed by atoms with Gasteiger partial charge in [-0.2, -0.15) is 4.31 Å². The zero-order valence-electron chi connectivity index (χ0n) is 21.7. The van der Waals surface area contributed by atoms with Gasteiger partial charge in [-0.1, -0.05) is 43.3 Å². The number of hydrogen-bond donors (Lipinski definition) is 6. The second kappa shape index (κ2) is 14.4. The molecule has 0 saturated carbocycles. The summed E-state index contributed by atoms with van der Waals surface area (Å²) >= 11 is 0. The van der Waals surface area contributed by atoms with Crippen LogP contribution in [-0.2, 0) is 13.4 Å². The highest BCUT2D eigenvalue weighted by Crippen LogP contribution is 2.53. The molecule has 0 aliphatic carbocycles. The van der Waals surface area contributed by atoms with Gasteiger partial charge in [0.2, 0.25) is 0 Å². The molecule has 212 valence electrons. The number of phosphoric acid groups is 2. The van der Waals surface area contributed by atoms with Crippen molar-refractivity contribution in [1.82, 2.24) is 4.90 Å². The number of ether oxygens (including phenoxy) is 1. The first-order valence-electron chi connectivity index (χ1n) is 11.7. The predicted octanol–water partition coefficient (Wildman–Crippen LogP) is 4.60. The summed E-state index contributed by atoms with van der Waals surface area (Å²) < 4.78 is 28.1. The fourth-order valence-corrected chi connectivity index (χ4v) is 4.64. The van der Waals surface area contributed by atoms with Crippen LogP contribution in [0.15, 0.2) is 72.8 Å². The molecule has 0 heterocycles. The van der Waals surface area contributed by atoms with E-state index >= 15 is 0 Å². The van der Waals surface area contributed by atoms with Crippen molar-refractivity contribution in [2.45, 2.75) is 13.3 Å². The Hall–Kier alpha value is -2.98. The van der Waals surface area contributed by atoms with E-state index in [-0.39, 0.29) is 11.5 Å². The monoisotopic (exact) mass is 581 g/mol. The van der Waals surface area contributed by atoms with Crippen molar-refractivity contribution in [3.63, 3.8) is 0 Å². The minimum Gasteiger partial charge on any atom is -0.508 e. The van der Waals surface area contributed by atoms with Crippen molar-refractivity contribution in [3.05, 3.63) is 89.5 Å². The predicted molar refractivity (Wildman–Crippen MR) is 148 cm³/mol. The second-order valence-electron chi connectivity index (χ2n) is 8.54. The van der Waals surface area contributed by atoms with Crippen LogP contribution in [-0.4, -0.2) is 61.9 Å². The van der Waals surface area contributed by atoms with E-state index < -0.39 is 15.6 Å². The average molecular weight is 581 g/mol. The van der Waals surface area contributed by atoms with Gasteiger partial charge in [0.05, 0.1) is 0 Å². The Morgan fingerprint density at radius 1 is 0.718 bits per heavy atom. The minimum absolute atomic E-state index is 0.241. The number of aromatic hydroxyl groups is 2. The second-order valence-corrected chi connectivity index (χ2v) is 11.2. The summed E-state index contributed by atoms with van der Waals surface area (Å²) in [5, 5.41) is 19.4. The van der Waals surface area contributed by atoms with Crippen molar-refractivity contribution in [2.24, 2.45) is 0 Å². The summed E-state index contributed by atoms with van der Waals surface area (Å²) in [6.45, 7) is 3.63. The van der Waals surface area contributed by atoms with Crippen LogP contribution in [0.1, 0.15) is 30.0 Å². The zero-order valence-corrected chi connectivity index (χ0v) is 23.5. The van der Waals surface area contributed by atoms with Gasteiger partial charge in [0.1, 0.15) is 23.9 Å². The smallest absolute Gasteiger partial charge is 0.478 e. The van der Waals surface area contributed by atoms with E-state index in [2.05, 4.69) is 28.3 Å².